The van der Waals surface area contributed by atoms with Gasteiger partial charge in [0.05, 0.1) is 31.5 Å². The first-order valence-electron chi connectivity index (χ1n) is 8.79. The Morgan fingerprint density at radius 3 is 2.50 bits per heavy atom. The fourth-order valence-corrected chi connectivity index (χ4v) is 3.38. The van der Waals surface area contributed by atoms with Gasteiger partial charge in [-0.15, -0.1) is 11.3 Å². The van der Waals surface area contributed by atoms with E-state index in [4.69, 9.17) is 9.47 Å². The molecule has 3 rings (SSSR count). The molecule has 2 aromatic carbocycles. The number of methoxy groups -OCH3 is 2. The van der Waals surface area contributed by atoms with E-state index in [-0.39, 0.29) is 5.91 Å². The molecule has 0 aliphatic rings. The number of nitrogens with one attached hydrogen (secondary N) is 1. The molecule has 1 heterocycles. The first-order chi connectivity index (χ1) is 13.6. The van der Waals surface area contributed by atoms with Crippen LogP contribution in [0.4, 0.5) is 0 Å². The highest BCUT2D eigenvalue weighted by atomic mass is 32.1. The van der Waals surface area contributed by atoms with Crippen LogP contribution >= 0.6 is 11.3 Å². The third-order valence-electron chi connectivity index (χ3n) is 4.14. The number of hydrogen-bond donors (Lipinski definition) is 1. The lowest BCUT2D eigenvalue weighted by Gasteiger charge is -2.11. The van der Waals surface area contributed by atoms with Gasteiger partial charge in [-0.3, -0.25) is 4.79 Å². The molecule has 28 heavy (non-hydrogen) atoms. The third-order valence-corrected chi connectivity index (χ3v) is 4.97. The minimum absolute atomic E-state index is 0.161. The molecule has 5 nitrogen and oxygen atoms in total. The van der Waals surface area contributed by atoms with Crippen molar-refractivity contribution in [2.24, 2.45) is 0 Å². The van der Waals surface area contributed by atoms with Crippen molar-refractivity contribution in [2.75, 3.05) is 14.2 Å². The summed E-state index contributed by atoms with van der Waals surface area (Å²) in [7, 11) is 3.18. The normalized spacial score (nSPS) is 11.2. The van der Waals surface area contributed by atoms with E-state index in [0.29, 0.717) is 23.6 Å². The number of amides is 1. The Labute approximate surface area is 168 Å². The van der Waals surface area contributed by atoms with Gasteiger partial charge in [0.25, 0.3) is 5.91 Å². The highest BCUT2D eigenvalue weighted by molar-refractivity contribution is 7.09. The smallest absolute Gasteiger partial charge is 0.252 e. The number of benzene rings is 2. The summed E-state index contributed by atoms with van der Waals surface area (Å²) < 4.78 is 10.7. The zero-order valence-electron chi connectivity index (χ0n) is 16.1. The van der Waals surface area contributed by atoms with Gasteiger partial charge in [-0.05, 0) is 36.3 Å². The number of ether oxygens (including phenoxy) is 2. The highest BCUT2D eigenvalue weighted by Gasteiger charge is 2.13. The van der Waals surface area contributed by atoms with Crippen molar-refractivity contribution in [3.05, 3.63) is 75.7 Å². The first kappa shape index (κ1) is 19.6. The molecule has 1 amide bonds. The molecule has 0 fully saturated rings. The number of aromatic nitrogens is 1. The van der Waals surface area contributed by atoms with Crippen LogP contribution in [-0.4, -0.2) is 25.1 Å². The first-order valence-corrected chi connectivity index (χ1v) is 9.67. The molecule has 0 radical (unpaired) electrons. The number of carbonyl (C=O) groups is 1. The van der Waals surface area contributed by atoms with Crippen LogP contribution in [0.3, 0.4) is 0 Å². The van der Waals surface area contributed by atoms with Gasteiger partial charge in [-0.25, -0.2) is 4.98 Å². The quantitative estimate of drug-likeness (QED) is 0.479. The van der Waals surface area contributed by atoms with Gasteiger partial charge in [0.1, 0.15) is 0 Å². The van der Waals surface area contributed by atoms with Crippen LogP contribution < -0.4 is 14.8 Å². The Bertz CT molecular complexity index is 980. The fourth-order valence-electron chi connectivity index (χ4n) is 2.76. The molecule has 3 aromatic rings. The van der Waals surface area contributed by atoms with Gasteiger partial charge in [0, 0.05) is 11.0 Å². The maximum atomic E-state index is 12.9. The van der Waals surface area contributed by atoms with E-state index in [1.807, 2.05) is 66.9 Å². The molecule has 0 unspecified atom stereocenters. The zero-order chi connectivity index (χ0) is 19.9. The summed E-state index contributed by atoms with van der Waals surface area (Å²) in [5, 5.41) is 5.90. The maximum absolute atomic E-state index is 12.9. The van der Waals surface area contributed by atoms with Gasteiger partial charge in [0.15, 0.2) is 11.5 Å². The van der Waals surface area contributed by atoms with Gasteiger partial charge in [-0.2, -0.15) is 0 Å². The SMILES string of the molecule is COc1ccc(/C=C(/C(=O)NCc2csc(C)n2)c2ccccc2)cc1OC. The summed E-state index contributed by atoms with van der Waals surface area (Å²) in [5.41, 5.74) is 3.11. The third kappa shape index (κ3) is 4.78. The fraction of sp³-hybridized carbons (Fsp3) is 0.182. The monoisotopic (exact) mass is 394 g/mol. The molecule has 144 valence electrons. The number of rotatable bonds is 7. The van der Waals surface area contributed by atoms with E-state index in [2.05, 4.69) is 10.3 Å². The number of carbonyl (C=O) groups excluding carboxylic acids is 1. The molecule has 1 N–H and O–H groups in total. The Balaban J connectivity index is 1.90. The van der Waals surface area contributed by atoms with Crippen molar-refractivity contribution >= 4 is 28.9 Å². The maximum Gasteiger partial charge on any atom is 0.252 e. The highest BCUT2D eigenvalue weighted by Crippen LogP contribution is 2.29. The summed E-state index contributed by atoms with van der Waals surface area (Å²) in [6, 6.07) is 15.1. The molecule has 0 bridgehead atoms. The predicted octanol–water partition coefficient (Wildman–Crippen LogP) is 4.33. The molecule has 1 aromatic heterocycles. The van der Waals surface area contributed by atoms with E-state index >= 15 is 0 Å². The summed E-state index contributed by atoms with van der Waals surface area (Å²) in [4.78, 5) is 17.3. The largest absolute Gasteiger partial charge is 0.493 e. The summed E-state index contributed by atoms with van der Waals surface area (Å²) >= 11 is 1.57. The Morgan fingerprint density at radius 2 is 1.86 bits per heavy atom. The summed E-state index contributed by atoms with van der Waals surface area (Å²) in [6.07, 6.45) is 1.85. The van der Waals surface area contributed by atoms with Crippen LogP contribution in [0.2, 0.25) is 0 Å². The minimum atomic E-state index is -0.161. The van der Waals surface area contributed by atoms with E-state index in [1.54, 1.807) is 25.6 Å². The second-order valence-corrected chi connectivity index (χ2v) is 7.14. The lowest BCUT2D eigenvalue weighted by molar-refractivity contribution is -0.115. The Hall–Kier alpha value is -3.12. The molecule has 6 heteroatoms. The second kappa shape index (κ2) is 9.19. The van der Waals surface area contributed by atoms with Crippen LogP contribution in [0.25, 0.3) is 11.6 Å². The molecule has 0 spiro atoms. The zero-order valence-corrected chi connectivity index (χ0v) is 16.9. The van der Waals surface area contributed by atoms with Crippen LogP contribution in [0.5, 0.6) is 11.5 Å². The molecule has 0 aliphatic carbocycles. The Morgan fingerprint density at radius 1 is 1.11 bits per heavy atom. The summed E-state index contributed by atoms with van der Waals surface area (Å²) in [5.74, 6) is 1.10. The average molecular weight is 394 g/mol. The van der Waals surface area contributed by atoms with Crippen molar-refractivity contribution in [3.8, 4) is 11.5 Å². The lowest BCUT2D eigenvalue weighted by atomic mass is 10.0. The Kier molecular flexibility index (Phi) is 6.45. The topological polar surface area (TPSA) is 60.5 Å². The van der Waals surface area contributed by atoms with Crippen molar-refractivity contribution in [3.63, 3.8) is 0 Å². The summed E-state index contributed by atoms with van der Waals surface area (Å²) in [6.45, 7) is 2.33. The molecular weight excluding hydrogens is 372 g/mol. The molecule has 0 saturated carbocycles. The van der Waals surface area contributed by atoms with Gasteiger partial charge in [0.2, 0.25) is 0 Å². The molecule has 0 saturated heterocycles. The predicted molar refractivity (Wildman–Crippen MR) is 113 cm³/mol. The van der Waals surface area contributed by atoms with E-state index in [9.17, 15) is 4.79 Å². The van der Waals surface area contributed by atoms with Crippen molar-refractivity contribution in [1.29, 1.82) is 0 Å². The van der Waals surface area contributed by atoms with Crippen LogP contribution in [0.15, 0.2) is 53.9 Å². The average Bonchev–Trinajstić information content (AvgIpc) is 3.15. The van der Waals surface area contributed by atoms with E-state index < -0.39 is 0 Å². The van der Waals surface area contributed by atoms with Crippen molar-refractivity contribution in [1.82, 2.24) is 10.3 Å². The number of thiazole rings is 1. The number of hydrogen-bond acceptors (Lipinski definition) is 5. The van der Waals surface area contributed by atoms with E-state index in [0.717, 1.165) is 21.8 Å². The lowest BCUT2D eigenvalue weighted by Crippen LogP contribution is -2.24. The molecular formula is C22H22N2O3S. The molecule has 0 aliphatic heterocycles. The van der Waals surface area contributed by atoms with E-state index in [1.165, 1.54) is 0 Å². The van der Waals surface area contributed by atoms with Gasteiger partial charge >= 0.3 is 0 Å². The number of aryl methyl sites for hydroxylation is 1. The van der Waals surface area contributed by atoms with Gasteiger partial charge in [-0.1, -0.05) is 36.4 Å². The second-order valence-electron chi connectivity index (χ2n) is 6.08. The van der Waals surface area contributed by atoms with Crippen molar-refractivity contribution < 1.29 is 14.3 Å². The van der Waals surface area contributed by atoms with Crippen LogP contribution in [-0.2, 0) is 11.3 Å². The number of nitrogens with zero attached hydrogens (tertiary/aromatic N) is 1. The standard InChI is InChI=1S/C22H22N2O3S/c1-15-24-18(14-28-15)13-23-22(25)19(17-7-5-4-6-8-17)11-16-9-10-20(26-2)21(12-16)27-3/h4-12,14H,13H2,1-3H3,(H,23,25)/b19-11+. The minimum Gasteiger partial charge on any atom is -0.493 e. The van der Waals surface area contributed by atoms with Crippen LogP contribution in [0, 0.1) is 6.92 Å². The molecule has 0 atom stereocenters. The van der Waals surface area contributed by atoms with Crippen LogP contribution in [0.1, 0.15) is 21.8 Å². The van der Waals surface area contributed by atoms with Gasteiger partial charge < -0.3 is 14.8 Å². The van der Waals surface area contributed by atoms with Crippen molar-refractivity contribution in [2.45, 2.75) is 13.5 Å².